The molecule has 0 aliphatic carbocycles. The smallest absolute Gasteiger partial charge is 0.264 e. The molecule has 1 N–H and O–H groups in total. The van der Waals surface area contributed by atoms with Crippen molar-refractivity contribution in [1.29, 1.82) is 0 Å². The predicted molar refractivity (Wildman–Crippen MR) is 64.7 cm³/mol. The molecule has 0 aromatic carbocycles. The van der Waals surface area contributed by atoms with Gasteiger partial charge < -0.3 is 10.0 Å². The van der Waals surface area contributed by atoms with Crippen LogP contribution >= 0.6 is 11.3 Å². The lowest BCUT2D eigenvalue weighted by molar-refractivity contribution is -0.110. The molecule has 3 nitrogen and oxygen atoms in total. The SMILES string of the molecule is Cc1ccc(C(=O)N2CC(O)(C(C)C)C2)s1. The summed E-state index contributed by atoms with van der Waals surface area (Å²) >= 11 is 1.51. The van der Waals surface area contributed by atoms with Crippen LogP contribution in [0.3, 0.4) is 0 Å². The molecule has 1 amide bonds. The summed E-state index contributed by atoms with van der Waals surface area (Å²) in [7, 11) is 0. The average Bonchev–Trinajstić information content (AvgIpc) is 2.58. The Morgan fingerprint density at radius 1 is 1.50 bits per heavy atom. The van der Waals surface area contributed by atoms with Gasteiger partial charge in [0.2, 0.25) is 0 Å². The number of likely N-dealkylation sites (tertiary alicyclic amines) is 1. The summed E-state index contributed by atoms with van der Waals surface area (Å²) in [5.41, 5.74) is -0.679. The topological polar surface area (TPSA) is 40.5 Å². The van der Waals surface area contributed by atoms with Gasteiger partial charge in [-0.15, -0.1) is 11.3 Å². The molecule has 1 aliphatic heterocycles. The highest BCUT2D eigenvalue weighted by atomic mass is 32.1. The maximum absolute atomic E-state index is 12.0. The fourth-order valence-electron chi connectivity index (χ4n) is 1.83. The zero-order valence-corrected chi connectivity index (χ0v) is 10.7. The molecule has 1 aromatic heterocycles. The summed E-state index contributed by atoms with van der Waals surface area (Å²) in [5, 5.41) is 10.1. The molecule has 88 valence electrons. The van der Waals surface area contributed by atoms with Crippen LogP contribution in [-0.4, -0.2) is 34.6 Å². The van der Waals surface area contributed by atoms with Crippen LogP contribution in [0.5, 0.6) is 0 Å². The summed E-state index contributed by atoms with van der Waals surface area (Å²) in [6.07, 6.45) is 0. The highest BCUT2D eigenvalue weighted by molar-refractivity contribution is 7.13. The lowest BCUT2D eigenvalue weighted by Crippen LogP contribution is -2.65. The number of hydrogen-bond acceptors (Lipinski definition) is 3. The largest absolute Gasteiger partial charge is 0.386 e. The first-order chi connectivity index (χ1) is 7.42. The van der Waals surface area contributed by atoms with Gasteiger partial charge in [0.15, 0.2) is 0 Å². The Balaban J connectivity index is 2.00. The van der Waals surface area contributed by atoms with E-state index in [0.717, 1.165) is 9.75 Å². The van der Waals surface area contributed by atoms with Gasteiger partial charge in [0.05, 0.1) is 18.0 Å². The van der Waals surface area contributed by atoms with Gasteiger partial charge in [-0.05, 0) is 25.0 Å². The van der Waals surface area contributed by atoms with Crippen LogP contribution in [0.2, 0.25) is 0 Å². The first-order valence-corrected chi connectivity index (χ1v) is 6.32. The van der Waals surface area contributed by atoms with E-state index in [1.165, 1.54) is 11.3 Å². The van der Waals surface area contributed by atoms with E-state index in [2.05, 4.69) is 0 Å². The van der Waals surface area contributed by atoms with Gasteiger partial charge in [-0.2, -0.15) is 0 Å². The second-order valence-corrected chi connectivity index (χ2v) is 6.12. The van der Waals surface area contributed by atoms with E-state index in [9.17, 15) is 9.90 Å². The number of thiophene rings is 1. The van der Waals surface area contributed by atoms with Crippen LogP contribution in [0, 0.1) is 12.8 Å². The summed E-state index contributed by atoms with van der Waals surface area (Å²) in [6, 6.07) is 3.81. The van der Waals surface area contributed by atoms with Crippen LogP contribution in [0.4, 0.5) is 0 Å². The third kappa shape index (κ3) is 1.87. The van der Waals surface area contributed by atoms with Gasteiger partial charge in [-0.25, -0.2) is 0 Å². The Bertz CT molecular complexity index is 405. The summed E-state index contributed by atoms with van der Waals surface area (Å²) in [6.45, 7) is 6.87. The second kappa shape index (κ2) is 3.86. The van der Waals surface area contributed by atoms with Crippen molar-refractivity contribution in [3.8, 4) is 0 Å². The van der Waals surface area contributed by atoms with E-state index in [1.54, 1.807) is 4.90 Å². The van der Waals surface area contributed by atoms with Crippen molar-refractivity contribution in [3.05, 3.63) is 21.9 Å². The molecule has 0 bridgehead atoms. The second-order valence-electron chi connectivity index (χ2n) is 4.83. The Kier molecular flexibility index (Phi) is 2.80. The number of carbonyl (C=O) groups excluding carboxylic acids is 1. The number of carbonyl (C=O) groups is 1. The van der Waals surface area contributed by atoms with Crippen LogP contribution in [0.25, 0.3) is 0 Å². The summed E-state index contributed by atoms with van der Waals surface area (Å²) in [5.74, 6) is 0.241. The molecular formula is C12H17NO2S. The quantitative estimate of drug-likeness (QED) is 0.856. The maximum Gasteiger partial charge on any atom is 0.264 e. The van der Waals surface area contributed by atoms with Gasteiger partial charge in [0.1, 0.15) is 5.60 Å². The van der Waals surface area contributed by atoms with Gasteiger partial charge in [-0.1, -0.05) is 13.8 Å². The number of aryl methyl sites for hydroxylation is 1. The van der Waals surface area contributed by atoms with E-state index in [1.807, 2.05) is 32.9 Å². The zero-order chi connectivity index (χ0) is 11.9. The number of amides is 1. The van der Waals surface area contributed by atoms with Gasteiger partial charge in [0, 0.05) is 4.88 Å². The normalized spacial score (nSPS) is 18.7. The molecular weight excluding hydrogens is 222 g/mol. The molecule has 1 aromatic rings. The number of nitrogens with zero attached hydrogens (tertiary/aromatic N) is 1. The minimum absolute atomic E-state index is 0.0448. The fraction of sp³-hybridized carbons (Fsp3) is 0.583. The van der Waals surface area contributed by atoms with Crippen LogP contribution in [0.1, 0.15) is 28.4 Å². The molecule has 0 unspecified atom stereocenters. The summed E-state index contributed by atoms with van der Waals surface area (Å²) in [4.78, 5) is 15.6. The van der Waals surface area contributed by atoms with Crippen LogP contribution in [-0.2, 0) is 0 Å². The molecule has 0 atom stereocenters. The van der Waals surface area contributed by atoms with Crippen molar-refractivity contribution < 1.29 is 9.90 Å². The van der Waals surface area contributed by atoms with Crippen LogP contribution < -0.4 is 0 Å². The van der Waals surface area contributed by atoms with Gasteiger partial charge in [0.25, 0.3) is 5.91 Å². The molecule has 4 heteroatoms. The number of aliphatic hydroxyl groups is 1. The lowest BCUT2D eigenvalue weighted by atomic mass is 9.83. The first-order valence-electron chi connectivity index (χ1n) is 5.50. The van der Waals surface area contributed by atoms with E-state index in [0.29, 0.717) is 13.1 Å². The van der Waals surface area contributed by atoms with E-state index < -0.39 is 5.60 Å². The van der Waals surface area contributed by atoms with E-state index in [-0.39, 0.29) is 11.8 Å². The van der Waals surface area contributed by atoms with Crippen molar-refractivity contribution in [2.75, 3.05) is 13.1 Å². The Morgan fingerprint density at radius 2 is 2.12 bits per heavy atom. The first kappa shape index (κ1) is 11.6. The standard InChI is InChI=1S/C12H17NO2S/c1-8(2)12(15)6-13(7-12)11(14)10-5-4-9(3)16-10/h4-5,8,15H,6-7H2,1-3H3. The molecule has 1 saturated heterocycles. The van der Waals surface area contributed by atoms with Crippen LogP contribution in [0.15, 0.2) is 12.1 Å². The number of hydrogen-bond donors (Lipinski definition) is 1. The molecule has 1 fully saturated rings. The van der Waals surface area contributed by atoms with Crippen molar-refractivity contribution in [1.82, 2.24) is 4.90 Å². The van der Waals surface area contributed by atoms with Crippen molar-refractivity contribution in [2.24, 2.45) is 5.92 Å². The molecule has 2 heterocycles. The average molecular weight is 239 g/mol. The Morgan fingerprint density at radius 3 is 2.56 bits per heavy atom. The molecule has 0 saturated carbocycles. The fourth-order valence-corrected chi connectivity index (χ4v) is 2.66. The predicted octanol–water partition coefficient (Wildman–Crippen LogP) is 1.90. The molecule has 0 spiro atoms. The molecule has 2 rings (SSSR count). The van der Waals surface area contributed by atoms with E-state index >= 15 is 0 Å². The third-order valence-corrected chi connectivity index (χ3v) is 4.23. The van der Waals surface area contributed by atoms with Crippen molar-refractivity contribution >= 4 is 17.2 Å². The molecule has 0 radical (unpaired) electrons. The Labute approximate surface area is 99.7 Å². The minimum Gasteiger partial charge on any atom is -0.386 e. The Hall–Kier alpha value is -0.870. The van der Waals surface area contributed by atoms with Gasteiger partial charge >= 0.3 is 0 Å². The maximum atomic E-state index is 12.0. The number of β-amino-alcohol motifs (C(OH)–C–C–N with tert-alkyl or cyclic N) is 1. The minimum atomic E-state index is -0.679. The highest BCUT2D eigenvalue weighted by Gasteiger charge is 2.46. The summed E-state index contributed by atoms with van der Waals surface area (Å²) < 4.78 is 0. The van der Waals surface area contributed by atoms with E-state index in [4.69, 9.17) is 0 Å². The monoisotopic (exact) mass is 239 g/mol. The van der Waals surface area contributed by atoms with Gasteiger partial charge in [-0.3, -0.25) is 4.79 Å². The number of rotatable bonds is 2. The zero-order valence-electron chi connectivity index (χ0n) is 9.86. The lowest BCUT2D eigenvalue weighted by Gasteiger charge is -2.48. The highest BCUT2D eigenvalue weighted by Crippen LogP contribution is 2.30. The molecule has 16 heavy (non-hydrogen) atoms. The van der Waals surface area contributed by atoms with Crippen molar-refractivity contribution in [2.45, 2.75) is 26.4 Å². The van der Waals surface area contributed by atoms with Crippen molar-refractivity contribution in [3.63, 3.8) is 0 Å². The molecule has 1 aliphatic rings. The third-order valence-electron chi connectivity index (χ3n) is 3.24.